The molecule has 0 amide bonds. The summed E-state index contributed by atoms with van der Waals surface area (Å²) >= 11 is 11.9. The van der Waals surface area contributed by atoms with Gasteiger partial charge in [0.15, 0.2) is 0 Å². The molecule has 0 spiro atoms. The van der Waals surface area contributed by atoms with E-state index in [0.29, 0.717) is 16.6 Å². The summed E-state index contributed by atoms with van der Waals surface area (Å²) < 4.78 is 0. The van der Waals surface area contributed by atoms with Crippen molar-refractivity contribution in [1.82, 2.24) is 0 Å². The lowest BCUT2D eigenvalue weighted by Gasteiger charge is -2.23. The van der Waals surface area contributed by atoms with Crippen LogP contribution in [-0.4, -0.2) is 19.6 Å². The van der Waals surface area contributed by atoms with Crippen molar-refractivity contribution in [3.8, 4) is 0 Å². The van der Waals surface area contributed by atoms with E-state index >= 15 is 0 Å². The highest BCUT2D eigenvalue weighted by Crippen LogP contribution is 2.25. The lowest BCUT2D eigenvalue weighted by Crippen LogP contribution is -2.25. The predicted octanol–water partition coefficient (Wildman–Crippen LogP) is 3.17. The first kappa shape index (κ1) is 12.6. The molecule has 0 saturated carbocycles. The summed E-state index contributed by atoms with van der Waals surface area (Å²) in [5, 5.41) is 1.34. The molecule has 84 valence electrons. The fourth-order valence-corrected chi connectivity index (χ4v) is 1.99. The molecule has 0 aliphatic heterocycles. The van der Waals surface area contributed by atoms with Crippen molar-refractivity contribution in [2.75, 3.05) is 24.5 Å². The van der Waals surface area contributed by atoms with Gasteiger partial charge in [0.05, 0.1) is 0 Å². The largest absolute Gasteiger partial charge is 0.372 e. The summed E-state index contributed by atoms with van der Waals surface area (Å²) in [4.78, 5) is 2.21. The second kappa shape index (κ2) is 6.21. The number of nitrogens with two attached hydrogens (primary N) is 1. The molecule has 0 radical (unpaired) electrons. The Bertz CT molecular complexity index is 295. The third kappa shape index (κ3) is 3.90. The third-order valence-electron chi connectivity index (χ3n) is 2.23. The van der Waals surface area contributed by atoms with Gasteiger partial charge in [0.25, 0.3) is 0 Å². The Kier molecular flexibility index (Phi) is 5.23. The summed E-state index contributed by atoms with van der Waals surface area (Å²) in [6, 6.07) is 5.59. The average molecular weight is 247 g/mol. The lowest BCUT2D eigenvalue weighted by molar-refractivity contribution is 0.754. The zero-order valence-corrected chi connectivity index (χ0v) is 10.4. The Morgan fingerprint density at radius 3 is 2.27 bits per heavy atom. The molecule has 0 saturated heterocycles. The van der Waals surface area contributed by atoms with Gasteiger partial charge in [-0.05, 0) is 38.1 Å². The van der Waals surface area contributed by atoms with Gasteiger partial charge < -0.3 is 10.6 Å². The highest BCUT2D eigenvalue weighted by molar-refractivity contribution is 6.35. The topological polar surface area (TPSA) is 29.3 Å². The summed E-state index contributed by atoms with van der Waals surface area (Å²) in [5.41, 5.74) is 6.55. The van der Waals surface area contributed by atoms with Crippen LogP contribution in [0.2, 0.25) is 10.0 Å². The summed E-state index contributed by atoms with van der Waals surface area (Å²) in [5.74, 6) is 0. The average Bonchev–Trinajstić information content (AvgIpc) is 2.17. The molecular formula is C11H16Cl2N2. The minimum atomic E-state index is 0.670. The van der Waals surface area contributed by atoms with Crippen molar-refractivity contribution in [2.45, 2.75) is 13.3 Å². The SMILES string of the molecule is CCN(CCCN)c1cc(Cl)cc(Cl)c1. The Hall–Kier alpha value is -0.440. The van der Waals surface area contributed by atoms with Crippen LogP contribution < -0.4 is 10.6 Å². The van der Waals surface area contributed by atoms with E-state index in [4.69, 9.17) is 28.9 Å². The maximum Gasteiger partial charge on any atom is 0.0441 e. The Morgan fingerprint density at radius 2 is 1.80 bits per heavy atom. The Balaban J connectivity index is 2.81. The zero-order chi connectivity index (χ0) is 11.3. The molecule has 0 aromatic heterocycles. The number of hydrogen-bond donors (Lipinski definition) is 1. The number of halogens is 2. The molecule has 0 unspecified atom stereocenters. The van der Waals surface area contributed by atoms with E-state index in [1.54, 1.807) is 6.07 Å². The van der Waals surface area contributed by atoms with Gasteiger partial charge in [0, 0.05) is 28.8 Å². The Labute approximate surface area is 101 Å². The van der Waals surface area contributed by atoms with Crippen molar-refractivity contribution < 1.29 is 0 Å². The quantitative estimate of drug-likeness (QED) is 0.865. The Morgan fingerprint density at radius 1 is 1.20 bits per heavy atom. The van der Waals surface area contributed by atoms with Gasteiger partial charge in [0.1, 0.15) is 0 Å². The maximum atomic E-state index is 5.95. The monoisotopic (exact) mass is 246 g/mol. The van der Waals surface area contributed by atoms with Crippen LogP contribution in [0.1, 0.15) is 13.3 Å². The van der Waals surface area contributed by atoms with Crippen LogP contribution in [0, 0.1) is 0 Å². The zero-order valence-electron chi connectivity index (χ0n) is 8.84. The van der Waals surface area contributed by atoms with Gasteiger partial charge in [-0.25, -0.2) is 0 Å². The van der Waals surface area contributed by atoms with Crippen LogP contribution in [-0.2, 0) is 0 Å². The van der Waals surface area contributed by atoms with Crippen LogP contribution in [0.4, 0.5) is 5.69 Å². The first-order valence-corrected chi connectivity index (χ1v) is 5.84. The van der Waals surface area contributed by atoms with Gasteiger partial charge in [-0.2, -0.15) is 0 Å². The molecule has 0 aliphatic carbocycles. The molecule has 1 rings (SSSR count). The lowest BCUT2D eigenvalue weighted by atomic mass is 10.2. The fourth-order valence-electron chi connectivity index (χ4n) is 1.47. The van der Waals surface area contributed by atoms with E-state index in [1.807, 2.05) is 12.1 Å². The molecule has 0 heterocycles. The summed E-state index contributed by atoms with van der Waals surface area (Å²) in [7, 11) is 0. The molecule has 2 nitrogen and oxygen atoms in total. The van der Waals surface area contributed by atoms with Crippen molar-refractivity contribution >= 4 is 28.9 Å². The second-order valence-electron chi connectivity index (χ2n) is 3.35. The normalized spacial score (nSPS) is 10.4. The number of nitrogens with zero attached hydrogens (tertiary/aromatic N) is 1. The van der Waals surface area contributed by atoms with Crippen molar-refractivity contribution in [1.29, 1.82) is 0 Å². The first-order chi connectivity index (χ1) is 7.17. The van der Waals surface area contributed by atoms with Gasteiger partial charge in [-0.15, -0.1) is 0 Å². The smallest absolute Gasteiger partial charge is 0.0441 e. The molecule has 15 heavy (non-hydrogen) atoms. The number of anilines is 1. The maximum absolute atomic E-state index is 5.95. The summed E-state index contributed by atoms with van der Waals surface area (Å²) in [6.07, 6.45) is 0.970. The molecule has 0 bridgehead atoms. The highest BCUT2D eigenvalue weighted by Gasteiger charge is 2.05. The second-order valence-corrected chi connectivity index (χ2v) is 4.22. The van der Waals surface area contributed by atoms with Crippen LogP contribution in [0.25, 0.3) is 0 Å². The van der Waals surface area contributed by atoms with Gasteiger partial charge in [0.2, 0.25) is 0 Å². The van der Waals surface area contributed by atoms with Crippen molar-refractivity contribution in [2.24, 2.45) is 5.73 Å². The van der Waals surface area contributed by atoms with Gasteiger partial charge in [-0.1, -0.05) is 23.2 Å². The minimum Gasteiger partial charge on any atom is -0.372 e. The standard InChI is InChI=1S/C11H16Cl2N2/c1-2-15(5-3-4-14)11-7-9(12)6-10(13)8-11/h6-8H,2-5,14H2,1H3. The van der Waals surface area contributed by atoms with Crippen LogP contribution in [0.15, 0.2) is 18.2 Å². The molecule has 0 atom stereocenters. The molecular weight excluding hydrogens is 231 g/mol. The van der Waals surface area contributed by atoms with E-state index < -0.39 is 0 Å². The molecule has 0 fully saturated rings. The molecule has 1 aromatic carbocycles. The molecule has 2 N–H and O–H groups in total. The van der Waals surface area contributed by atoms with Crippen LogP contribution in [0.5, 0.6) is 0 Å². The van der Waals surface area contributed by atoms with Crippen molar-refractivity contribution in [3.63, 3.8) is 0 Å². The molecule has 1 aromatic rings. The van der Waals surface area contributed by atoms with E-state index in [2.05, 4.69) is 11.8 Å². The highest BCUT2D eigenvalue weighted by atomic mass is 35.5. The predicted molar refractivity (Wildman–Crippen MR) is 68.0 cm³/mol. The number of rotatable bonds is 5. The van der Waals surface area contributed by atoms with E-state index in [1.165, 1.54) is 0 Å². The fraction of sp³-hybridized carbons (Fsp3) is 0.455. The molecule has 4 heteroatoms. The van der Waals surface area contributed by atoms with Gasteiger partial charge >= 0.3 is 0 Å². The van der Waals surface area contributed by atoms with Gasteiger partial charge in [-0.3, -0.25) is 0 Å². The summed E-state index contributed by atoms with van der Waals surface area (Å²) in [6.45, 7) is 4.66. The van der Waals surface area contributed by atoms with E-state index in [9.17, 15) is 0 Å². The van der Waals surface area contributed by atoms with E-state index in [-0.39, 0.29) is 0 Å². The van der Waals surface area contributed by atoms with Crippen molar-refractivity contribution in [3.05, 3.63) is 28.2 Å². The third-order valence-corrected chi connectivity index (χ3v) is 2.66. The number of benzene rings is 1. The molecule has 0 aliphatic rings. The van der Waals surface area contributed by atoms with Crippen LogP contribution in [0.3, 0.4) is 0 Å². The van der Waals surface area contributed by atoms with Crippen LogP contribution >= 0.6 is 23.2 Å². The van der Waals surface area contributed by atoms with E-state index in [0.717, 1.165) is 25.2 Å². The first-order valence-electron chi connectivity index (χ1n) is 5.08. The number of hydrogen-bond acceptors (Lipinski definition) is 2. The minimum absolute atomic E-state index is 0.670.